The molecule has 0 spiro atoms. The summed E-state index contributed by atoms with van der Waals surface area (Å²) in [4.78, 5) is 2.52. The van der Waals surface area contributed by atoms with Crippen molar-refractivity contribution in [1.29, 1.82) is 0 Å². The molecule has 1 aliphatic rings. The molecule has 0 aliphatic heterocycles. The van der Waals surface area contributed by atoms with Crippen LogP contribution in [0.5, 0.6) is 11.5 Å². The molecule has 2 N–H and O–H groups in total. The molecule has 0 amide bonds. The van der Waals surface area contributed by atoms with E-state index in [2.05, 4.69) is 11.8 Å². The third-order valence-electron chi connectivity index (χ3n) is 4.52. The molecule has 0 heterocycles. The van der Waals surface area contributed by atoms with Gasteiger partial charge >= 0.3 is 0 Å². The van der Waals surface area contributed by atoms with Crippen molar-refractivity contribution in [2.24, 2.45) is 5.73 Å². The van der Waals surface area contributed by atoms with E-state index in [1.54, 1.807) is 14.2 Å². The monoisotopic (exact) mass is 292 g/mol. The van der Waals surface area contributed by atoms with Crippen LogP contribution in [0.15, 0.2) is 18.2 Å². The van der Waals surface area contributed by atoms with E-state index in [-0.39, 0.29) is 6.04 Å². The van der Waals surface area contributed by atoms with Gasteiger partial charge < -0.3 is 15.2 Å². The minimum absolute atomic E-state index is 0.0357. The van der Waals surface area contributed by atoms with E-state index in [9.17, 15) is 0 Å². The fourth-order valence-electron chi connectivity index (χ4n) is 3.28. The maximum atomic E-state index is 6.44. The Morgan fingerprint density at radius 2 is 1.95 bits per heavy atom. The molecule has 4 nitrogen and oxygen atoms in total. The molecule has 1 atom stereocenters. The lowest BCUT2D eigenvalue weighted by molar-refractivity contribution is 0.196. The first-order valence-corrected chi connectivity index (χ1v) is 7.91. The van der Waals surface area contributed by atoms with Gasteiger partial charge in [0.25, 0.3) is 0 Å². The smallest absolute Gasteiger partial charge is 0.127 e. The van der Waals surface area contributed by atoms with Crippen LogP contribution in [0.2, 0.25) is 0 Å². The number of ether oxygens (including phenoxy) is 2. The Labute approximate surface area is 128 Å². The van der Waals surface area contributed by atoms with Gasteiger partial charge in [0.15, 0.2) is 0 Å². The Balaban J connectivity index is 2.09. The minimum atomic E-state index is -0.0357. The third-order valence-corrected chi connectivity index (χ3v) is 4.52. The Bertz CT molecular complexity index is 444. The summed E-state index contributed by atoms with van der Waals surface area (Å²) in [7, 11) is 3.34. The zero-order chi connectivity index (χ0) is 15.2. The maximum Gasteiger partial charge on any atom is 0.127 e. The lowest BCUT2D eigenvalue weighted by Gasteiger charge is -2.30. The highest BCUT2D eigenvalue weighted by atomic mass is 16.5. The molecule has 0 aromatic heterocycles. The Hall–Kier alpha value is -1.26. The summed E-state index contributed by atoms with van der Waals surface area (Å²) in [6.45, 7) is 4.15. The summed E-state index contributed by atoms with van der Waals surface area (Å²) in [5.41, 5.74) is 7.50. The van der Waals surface area contributed by atoms with Crippen LogP contribution in [0.4, 0.5) is 0 Å². The van der Waals surface area contributed by atoms with Gasteiger partial charge in [0.05, 0.1) is 14.2 Å². The molecule has 1 aliphatic carbocycles. The molecule has 0 bridgehead atoms. The fourth-order valence-corrected chi connectivity index (χ4v) is 3.28. The average Bonchev–Trinajstić information content (AvgIpc) is 3.05. The van der Waals surface area contributed by atoms with Crippen molar-refractivity contribution in [3.63, 3.8) is 0 Å². The largest absolute Gasteiger partial charge is 0.497 e. The molecule has 1 saturated carbocycles. The number of methoxy groups -OCH3 is 2. The van der Waals surface area contributed by atoms with Crippen LogP contribution in [-0.4, -0.2) is 38.3 Å². The first-order valence-electron chi connectivity index (χ1n) is 7.91. The second kappa shape index (κ2) is 7.66. The predicted molar refractivity (Wildman–Crippen MR) is 86.0 cm³/mol. The highest BCUT2D eigenvalue weighted by Crippen LogP contribution is 2.30. The zero-order valence-electron chi connectivity index (χ0n) is 13.5. The van der Waals surface area contributed by atoms with Gasteiger partial charge in [0.2, 0.25) is 0 Å². The van der Waals surface area contributed by atoms with E-state index in [1.165, 1.54) is 25.7 Å². The lowest BCUT2D eigenvalue weighted by Crippen LogP contribution is -2.38. The van der Waals surface area contributed by atoms with Gasteiger partial charge in [-0.2, -0.15) is 0 Å². The third kappa shape index (κ3) is 3.89. The number of likely N-dealkylation sites (N-methyl/N-ethyl adjacent to an activating group) is 1. The van der Waals surface area contributed by atoms with E-state index in [0.29, 0.717) is 6.04 Å². The molecule has 1 aromatic rings. The Morgan fingerprint density at radius 3 is 2.52 bits per heavy atom. The summed E-state index contributed by atoms with van der Waals surface area (Å²) < 4.78 is 10.7. The maximum absolute atomic E-state index is 6.44. The van der Waals surface area contributed by atoms with E-state index in [0.717, 1.165) is 30.2 Å². The summed E-state index contributed by atoms with van der Waals surface area (Å²) in [5.74, 6) is 1.61. The molecule has 2 rings (SSSR count). The van der Waals surface area contributed by atoms with Gasteiger partial charge in [-0.05, 0) is 25.5 Å². The van der Waals surface area contributed by atoms with Crippen molar-refractivity contribution >= 4 is 0 Å². The number of hydrogen-bond donors (Lipinski definition) is 1. The standard InChI is InChI=1S/C17H28N2O2/c1-4-19(13-7-5-6-8-13)12-16(18)15-10-9-14(20-2)11-17(15)21-3/h9-11,13,16H,4-8,12,18H2,1-3H3. The zero-order valence-corrected chi connectivity index (χ0v) is 13.5. The molecule has 118 valence electrons. The molecule has 21 heavy (non-hydrogen) atoms. The second-order valence-corrected chi connectivity index (χ2v) is 5.74. The first kappa shape index (κ1) is 16.1. The lowest BCUT2D eigenvalue weighted by atomic mass is 10.0. The van der Waals surface area contributed by atoms with Crippen LogP contribution < -0.4 is 15.2 Å². The van der Waals surface area contributed by atoms with Crippen molar-refractivity contribution in [3.8, 4) is 11.5 Å². The van der Waals surface area contributed by atoms with Crippen LogP contribution >= 0.6 is 0 Å². The van der Waals surface area contributed by atoms with Gasteiger partial charge in [0.1, 0.15) is 11.5 Å². The highest BCUT2D eigenvalue weighted by Gasteiger charge is 2.24. The van der Waals surface area contributed by atoms with E-state index in [4.69, 9.17) is 15.2 Å². The van der Waals surface area contributed by atoms with Gasteiger partial charge in [-0.25, -0.2) is 0 Å². The van der Waals surface area contributed by atoms with Gasteiger partial charge in [-0.15, -0.1) is 0 Å². The number of rotatable bonds is 7. The van der Waals surface area contributed by atoms with Crippen LogP contribution in [0.3, 0.4) is 0 Å². The molecule has 1 fully saturated rings. The molecular formula is C17H28N2O2. The van der Waals surface area contributed by atoms with Crippen molar-refractivity contribution in [3.05, 3.63) is 23.8 Å². The quantitative estimate of drug-likeness (QED) is 0.839. The van der Waals surface area contributed by atoms with Crippen LogP contribution in [0, 0.1) is 0 Å². The van der Waals surface area contributed by atoms with Gasteiger partial charge in [-0.1, -0.05) is 25.8 Å². The van der Waals surface area contributed by atoms with Crippen molar-refractivity contribution in [1.82, 2.24) is 4.90 Å². The first-order chi connectivity index (χ1) is 10.2. The van der Waals surface area contributed by atoms with E-state index in [1.807, 2.05) is 18.2 Å². The topological polar surface area (TPSA) is 47.7 Å². The molecule has 0 radical (unpaired) electrons. The molecular weight excluding hydrogens is 264 g/mol. The number of nitrogens with zero attached hydrogens (tertiary/aromatic N) is 1. The molecule has 1 aromatic carbocycles. The van der Waals surface area contributed by atoms with Crippen LogP contribution in [0.25, 0.3) is 0 Å². The Kier molecular flexibility index (Phi) is 5.88. The normalized spacial score (nSPS) is 17.2. The van der Waals surface area contributed by atoms with Crippen molar-refractivity contribution < 1.29 is 9.47 Å². The fraction of sp³-hybridized carbons (Fsp3) is 0.647. The van der Waals surface area contributed by atoms with E-state index < -0.39 is 0 Å². The Morgan fingerprint density at radius 1 is 1.24 bits per heavy atom. The second-order valence-electron chi connectivity index (χ2n) is 5.74. The molecule has 0 saturated heterocycles. The summed E-state index contributed by atoms with van der Waals surface area (Å²) in [6.07, 6.45) is 5.31. The van der Waals surface area contributed by atoms with Crippen molar-refractivity contribution in [2.45, 2.75) is 44.7 Å². The van der Waals surface area contributed by atoms with E-state index >= 15 is 0 Å². The SMILES string of the molecule is CCN(CC(N)c1ccc(OC)cc1OC)C1CCCC1. The van der Waals surface area contributed by atoms with Crippen molar-refractivity contribution in [2.75, 3.05) is 27.3 Å². The number of hydrogen-bond acceptors (Lipinski definition) is 4. The summed E-state index contributed by atoms with van der Waals surface area (Å²) in [5, 5.41) is 0. The highest BCUT2D eigenvalue weighted by molar-refractivity contribution is 5.42. The predicted octanol–water partition coefficient (Wildman–Crippen LogP) is 2.97. The summed E-state index contributed by atoms with van der Waals surface area (Å²) >= 11 is 0. The number of benzene rings is 1. The van der Waals surface area contributed by atoms with Crippen LogP contribution in [0.1, 0.15) is 44.2 Å². The molecule has 4 heteroatoms. The van der Waals surface area contributed by atoms with Gasteiger partial charge in [0, 0.05) is 30.3 Å². The average molecular weight is 292 g/mol. The number of nitrogens with two attached hydrogens (primary N) is 1. The van der Waals surface area contributed by atoms with Gasteiger partial charge in [-0.3, -0.25) is 4.90 Å². The summed E-state index contributed by atoms with van der Waals surface area (Å²) in [6, 6.07) is 6.53. The minimum Gasteiger partial charge on any atom is -0.497 e. The molecule has 1 unspecified atom stereocenters. The van der Waals surface area contributed by atoms with Crippen LogP contribution in [-0.2, 0) is 0 Å².